The van der Waals surface area contributed by atoms with Gasteiger partial charge < -0.3 is 15.5 Å². The number of hydrogen-bond acceptors (Lipinski definition) is 4. The number of benzene rings is 1. The van der Waals surface area contributed by atoms with Crippen LogP contribution < -0.4 is 10.6 Å². The standard InChI is InChI=1S/C24H26ClN5O/c25-19-5-6-21-18(16-19)4-3-17-2-1-9-27-22(17)23(21)29-12-14-30(15-13-29)24(31)28-20-7-10-26-11-8-20/h1-2,5-11,16,22-23,27H,3-4,12-15H2,(H,26,28,31). The summed E-state index contributed by atoms with van der Waals surface area (Å²) < 4.78 is 0. The second kappa shape index (κ2) is 8.73. The van der Waals surface area contributed by atoms with Crippen molar-refractivity contribution in [1.82, 2.24) is 20.1 Å². The first-order valence-corrected chi connectivity index (χ1v) is 11.2. The van der Waals surface area contributed by atoms with Crippen LogP contribution in [-0.4, -0.2) is 53.0 Å². The second-order valence-electron chi connectivity index (χ2n) is 8.22. The van der Waals surface area contributed by atoms with Crippen molar-refractivity contribution in [3.63, 3.8) is 0 Å². The number of nitrogens with zero attached hydrogens (tertiary/aromatic N) is 3. The largest absolute Gasteiger partial charge is 0.382 e. The molecule has 5 rings (SSSR count). The minimum absolute atomic E-state index is 0.0572. The number of hydrogen-bond donors (Lipinski definition) is 2. The average Bonchev–Trinajstić information content (AvgIpc) is 2.96. The van der Waals surface area contributed by atoms with Crippen molar-refractivity contribution in [3.8, 4) is 0 Å². The fourth-order valence-corrected chi connectivity index (χ4v) is 5.06. The van der Waals surface area contributed by atoms with Gasteiger partial charge in [0.05, 0.1) is 12.1 Å². The lowest BCUT2D eigenvalue weighted by Gasteiger charge is -2.43. The van der Waals surface area contributed by atoms with Crippen molar-refractivity contribution in [3.05, 3.63) is 82.8 Å². The molecule has 2 unspecified atom stereocenters. The molecule has 1 aliphatic carbocycles. The van der Waals surface area contributed by atoms with Crippen LogP contribution in [0.3, 0.4) is 0 Å². The smallest absolute Gasteiger partial charge is 0.321 e. The van der Waals surface area contributed by atoms with E-state index in [9.17, 15) is 4.79 Å². The maximum Gasteiger partial charge on any atom is 0.321 e. The molecule has 0 radical (unpaired) electrons. The molecule has 2 amide bonds. The van der Waals surface area contributed by atoms with E-state index in [4.69, 9.17) is 11.6 Å². The highest BCUT2D eigenvalue weighted by Gasteiger charge is 2.37. The fraction of sp³-hybridized carbons (Fsp3) is 0.333. The molecule has 3 heterocycles. The Balaban J connectivity index is 1.34. The summed E-state index contributed by atoms with van der Waals surface area (Å²) in [4.78, 5) is 21.1. The highest BCUT2D eigenvalue weighted by molar-refractivity contribution is 6.30. The second-order valence-corrected chi connectivity index (χ2v) is 8.66. The summed E-state index contributed by atoms with van der Waals surface area (Å²) in [6.07, 6.45) is 11.8. The number of halogens is 1. The highest BCUT2D eigenvalue weighted by Crippen LogP contribution is 2.38. The van der Waals surface area contributed by atoms with E-state index >= 15 is 0 Å². The van der Waals surface area contributed by atoms with Crippen LogP contribution in [0.1, 0.15) is 23.6 Å². The van der Waals surface area contributed by atoms with Crippen LogP contribution in [0.2, 0.25) is 5.02 Å². The van der Waals surface area contributed by atoms with Crippen LogP contribution in [0.4, 0.5) is 10.5 Å². The Hall–Kier alpha value is -2.83. The van der Waals surface area contributed by atoms with Crippen molar-refractivity contribution in [2.24, 2.45) is 0 Å². The molecular weight excluding hydrogens is 410 g/mol. The minimum atomic E-state index is -0.0572. The maximum absolute atomic E-state index is 12.7. The van der Waals surface area contributed by atoms with Crippen molar-refractivity contribution in [2.45, 2.75) is 24.9 Å². The Morgan fingerprint density at radius 1 is 1.10 bits per heavy atom. The van der Waals surface area contributed by atoms with Crippen LogP contribution in [-0.2, 0) is 6.42 Å². The van der Waals surface area contributed by atoms with E-state index in [1.165, 1.54) is 16.7 Å². The number of aromatic nitrogens is 1. The number of carbonyl (C=O) groups excluding carboxylic acids is 1. The third kappa shape index (κ3) is 4.18. The number of amides is 2. The lowest BCUT2D eigenvalue weighted by atomic mass is 9.90. The number of rotatable bonds is 2. The predicted molar refractivity (Wildman–Crippen MR) is 123 cm³/mol. The SMILES string of the molecule is O=C(Nc1ccncc1)N1CCN(C2c3ccc(Cl)cc3CCC3=CC=CNC32)CC1. The summed E-state index contributed by atoms with van der Waals surface area (Å²) >= 11 is 6.33. The molecule has 6 nitrogen and oxygen atoms in total. The summed E-state index contributed by atoms with van der Waals surface area (Å²) in [5.74, 6) is 0. The molecule has 1 aromatic heterocycles. The summed E-state index contributed by atoms with van der Waals surface area (Å²) in [5.41, 5.74) is 4.87. The van der Waals surface area contributed by atoms with Gasteiger partial charge in [-0.25, -0.2) is 4.79 Å². The first-order chi connectivity index (χ1) is 15.2. The van der Waals surface area contributed by atoms with Crippen molar-refractivity contribution >= 4 is 23.3 Å². The van der Waals surface area contributed by atoms with Gasteiger partial charge in [0.15, 0.2) is 0 Å². The van der Waals surface area contributed by atoms with Gasteiger partial charge in [-0.05, 0) is 66.1 Å². The number of dihydropyridines is 1. The summed E-state index contributed by atoms with van der Waals surface area (Å²) in [6, 6.07) is 10.3. The number of piperazine rings is 1. The highest BCUT2D eigenvalue weighted by atomic mass is 35.5. The summed E-state index contributed by atoms with van der Waals surface area (Å²) in [5, 5.41) is 7.37. The average molecular weight is 436 g/mol. The quantitative estimate of drug-likeness (QED) is 0.749. The number of urea groups is 1. The van der Waals surface area contributed by atoms with E-state index in [1.807, 2.05) is 17.2 Å². The molecule has 160 valence electrons. The number of fused-ring (bicyclic) bond motifs is 2. The minimum Gasteiger partial charge on any atom is -0.382 e. The lowest BCUT2D eigenvalue weighted by molar-refractivity contribution is 0.101. The van der Waals surface area contributed by atoms with Crippen LogP contribution >= 0.6 is 11.6 Å². The van der Waals surface area contributed by atoms with Crippen molar-refractivity contribution in [2.75, 3.05) is 31.5 Å². The molecule has 0 bridgehead atoms. The lowest BCUT2D eigenvalue weighted by Crippen LogP contribution is -2.54. The predicted octanol–water partition coefficient (Wildman–Crippen LogP) is 3.98. The zero-order valence-electron chi connectivity index (χ0n) is 17.3. The van der Waals surface area contributed by atoms with Gasteiger partial charge in [0.1, 0.15) is 0 Å². The molecule has 1 saturated heterocycles. The van der Waals surface area contributed by atoms with Gasteiger partial charge in [-0.1, -0.05) is 23.7 Å². The summed E-state index contributed by atoms with van der Waals surface area (Å²) in [6.45, 7) is 3.03. The van der Waals surface area contributed by atoms with E-state index in [0.717, 1.165) is 36.6 Å². The first-order valence-electron chi connectivity index (χ1n) is 10.8. The molecule has 2 aromatic rings. The number of nitrogens with one attached hydrogen (secondary N) is 2. The van der Waals surface area contributed by atoms with Gasteiger partial charge in [-0.15, -0.1) is 0 Å². The number of allylic oxidation sites excluding steroid dienone is 2. The van der Waals surface area contributed by atoms with Gasteiger partial charge in [0.2, 0.25) is 0 Å². The monoisotopic (exact) mass is 435 g/mol. The van der Waals surface area contributed by atoms with Gasteiger partial charge in [0, 0.05) is 49.3 Å². The van der Waals surface area contributed by atoms with E-state index < -0.39 is 0 Å². The third-order valence-corrected chi connectivity index (χ3v) is 6.67. The van der Waals surface area contributed by atoms with E-state index in [2.05, 4.69) is 44.8 Å². The molecule has 1 aromatic carbocycles. The molecule has 2 N–H and O–H groups in total. The zero-order valence-corrected chi connectivity index (χ0v) is 18.1. The van der Waals surface area contributed by atoms with Crippen molar-refractivity contribution in [1.29, 1.82) is 0 Å². The van der Waals surface area contributed by atoms with E-state index in [1.54, 1.807) is 24.5 Å². The van der Waals surface area contributed by atoms with Gasteiger partial charge >= 0.3 is 6.03 Å². The Labute approximate surface area is 187 Å². The third-order valence-electron chi connectivity index (χ3n) is 6.43. The van der Waals surface area contributed by atoms with Crippen molar-refractivity contribution < 1.29 is 4.79 Å². The normalized spacial score (nSPS) is 23.1. The van der Waals surface area contributed by atoms with Crippen LogP contribution in [0.5, 0.6) is 0 Å². The molecule has 2 aliphatic heterocycles. The van der Waals surface area contributed by atoms with Gasteiger partial charge in [0.25, 0.3) is 0 Å². The molecule has 2 atom stereocenters. The number of aryl methyl sites for hydroxylation is 1. The Morgan fingerprint density at radius 3 is 2.71 bits per heavy atom. The number of carbonyl (C=O) groups is 1. The topological polar surface area (TPSA) is 60.5 Å². The molecule has 3 aliphatic rings. The maximum atomic E-state index is 12.7. The van der Waals surface area contributed by atoms with E-state index in [0.29, 0.717) is 13.1 Å². The van der Waals surface area contributed by atoms with Crippen LogP contribution in [0.25, 0.3) is 0 Å². The van der Waals surface area contributed by atoms with Gasteiger partial charge in [-0.2, -0.15) is 0 Å². The Morgan fingerprint density at radius 2 is 1.90 bits per heavy atom. The first kappa shape index (κ1) is 20.1. The van der Waals surface area contributed by atoms with Crippen LogP contribution in [0.15, 0.2) is 66.7 Å². The molecule has 0 saturated carbocycles. The molecular formula is C24H26ClN5O. The van der Waals surface area contributed by atoms with Crippen LogP contribution in [0, 0.1) is 0 Å². The fourth-order valence-electron chi connectivity index (χ4n) is 4.86. The molecule has 31 heavy (non-hydrogen) atoms. The Bertz CT molecular complexity index is 1010. The summed E-state index contributed by atoms with van der Waals surface area (Å²) in [7, 11) is 0. The Kier molecular flexibility index (Phi) is 5.66. The molecule has 7 heteroatoms. The van der Waals surface area contributed by atoms with E-state index in [-0.39, 0.29) is 18.1 Å². The molecule has 1 fully saturated rings. The molecule has 0 spiro atoms. The number of pyridine rings is 1. The van der Waals surface area contributed by atoms with Gasteiger partial charge in [-0.3, -0.25) is 9.88 Å². The zero-order chi connectivity index (χ0) is 21.2. The number of anilines is 1.